The molecule has 12 heteroatoms. The lowest BCUT2D eigenvalue weighted by atomic mass is 9.82. The summed E-state index contributed by atoms with van der Waals surface area (Å²) in [6.07, 6.45) is 22.0. The monoisotopic (exact) mass is 917 g/mol. The van der Waals surface area contributed by atoms with Crippen LogP contribution in [0.1, 0.15) is 139 Å². The van der Waals surface area contributed by atoms with Crippen LogP contribution in [0.3, 0.4) is 0 Å². The molecule has 0 aromatic rings. The first-order valence-electron chi connectivity index (χ1n) is 24.4. The zero-order valence-corrected chi connectivity index (χ0v) is 41.4. The second-order valence-electron chi connectivity index (χ2n) is 19.6. The highest BCUT2D eigenvalue weighted by atomic mass is 16.7. The van der Waals surface area contributed by atoms with Gasteiger partial charge in [0.2, 0.25) is 0 Å². The number of aliphatic hydroxyl groups excluding tert-OH is 1. The highest BCUT2D eigenvalue weighted by Crippen LogP contribution is 2.47. The van der Waals surface area contributed by atoms with Crippen LogP contribution >= 0.6 is 0 Å². The van der Waals surface area contributed by atoms with Crippen molar-refractivity contribution in [1.29, 1.82) is 0 Å². The molecule has 8 bridgehead atoms. The molecule has 0 aromatic heterocycles. The maximum Gasteiger partial charge on any atom is 0.384 e. The van der Waals surface area contributed by atoms with Gasteiger partial charge in [-0.15, -0.1) is 0 Å². The number of allylic oxidation sites excluding steroid dienone is 11. The molecule has 0 amide bonds. The molecule has 0 spiro atoms. The van der Waals surface area contributed by atoms with Crippen LogP contribution in [-0.2, 0) is 28.6 Å². The van der Waals surface area contributed by atoms with Gasteiger partial charge in [-0.1, -0.05) is 105 Å². The fourth-order valence-corrected chi connectivity index (χ4v) is 10.0. The van der Waals surface area contributed by atoms with E-state index in [0.717, 1.165) is 54.8 Å². The van der Waals surface area contributed by atoms with Gasteiger partial charge in [0.1, 0.15) is 6.61 Å². The lowest BCUT2D eigenvalue weighted by Crippen LogP contribution is -2.53. The summed E-state index contributed by atoms with van der Waals surface area (Å²) in [5.41, 5.74) is 8.20. The molecule has 6 aliphatic rings. The Balaban J connectivity index is 1.25. The smallest absolute Gasteiger partial charge is 0.384 e. The molecule has 3 N–H and O–H groups in total. The van der Waals surface area contributed by atoms with Crippen LogP contribution < -0.4 is 5.32 Å². The Kier molecular flexibility index (Phi) is 16.7. The molecular formula is C55H72N4O8. The fourth-order valence-electron chi connectivity index (χ4n) is 10.0. The highest BCUT2D eigenvalue weighted by Gasteiger charge is 2.58. The van der Waals surface area contributed by atoms with Crippen molar-refractivity contribution in [2.75, 3.05) is 13.7 Å². The van der Waals surface area contributed by atoms with Crippen molar-refractivity contribution in [1.82, 2.24) is 5.32 Å². The first-order chi connectivity index (χ1) is 31.9. The molecule has 6 aliphatic heterocycles. The van der Waals surface area contributed by atoms with Gasteiger partial charge in [-0.2, -0.15) is 0 Å². The molecular weight excluding hydrogens is 845 g/mol. The number of hydrogen-bond donors (Lipinski definition) is 3. The van der Waals surface area contributed by atoms with Crippen LogP contribution in [0.2, 0.25) is 0 Å². The number of carbonyl (C=O) groups excluding carboxylic acids is 3. The summed E-state index contributed by atoms with van der Waals surface area (Å²) in [6, 6.07) is 0. The van der Waals surface area contributed by atoms with Gasteiger partial charge >= 0.3 is 23.7 Å². The lowest BCUT2D eigenvalue weighted by Gasteiger charge is -2.34. The molecule has 12 nitrogen and oxygen atoms in total. The standard InChI is InChI=1S/C55H72N4O8/c1-12-38-35(8)42-27-43-36(9)40(23-24-48(61)66-26-25-34(7)22-16-21-33(6)20-15-19-32(5)18-14-17-31(3)4)51(58-43)50-52-49(53(62)67-55(50,64)54(63)65-11)37(10)44(59-52)28-46-39(13-2)41(30-60)47(57-46)29-45(38)56-42/h12,25,27-33,36,40,58,60,64H,1,13-24,26H2,2-11H3/b34-25+,41-30-,43-27?,44-28?,45-29?,51-50?/t32-,33-,36+,40+,55-/m1/s1. The summed E-state index contributed by atoms with van der Waals surface area (Å²) >= 11 is 0. The Labute approximate surface area is 397 Å². The summed E-state index contributed by atoms with van der Waals surface area (Å²) in [5.74, 6) is -4.02. The van der Waals surface area contributed by atoms with Crippen LogP contribution in [0.15, 0.2) is 131 Å². The Morgan fingerprint density at radius 3 is 2.27 bits per heavy atom. The van der Waals surface area contributed by atoms with Crippen molar-refractivity contribution in [2.24, 2.45) is 44.6 Å². The minimum Gasteiger partial charge on any atom is -0.515 e. The quantitative estimate of drug-likeness (QED) is 0.0466. The number of ether oxygens (including phenoxy) is 3. The van der Waals surface area contributed by atoms with Crippen LogP contribution in [0.4, 0.5) is 0 Å². The van der Waals surface area contributed by atoms with Gasteiger partial charge in [0.05, 0.1) is 58.7 Å². The maximum absolute atomic E-state index is 13.8. The van der Waals surface area contributed by atoms with E-state index < -0.39 is 29.6 Å². The minimum absolute atomic E-state index is 0.0272. The van der Waals surface area contributed by atoms with E-state index in [-0.39, 0.29) is 42.2 Å². The number of esters is 3. The first kappa shape index (κ1) is 50.8. The van der Waals surface area contributed by atoms with Crippen LogP contribution in [0.25, 0.3) is 0 Å². The molecule has 0 saturated carbocycles. The van der Waals surface area contributed by atoms with Gasteiger partial charge in [0.15, 0.2) is 0 Å². The van der Waals surface area contributed by atoms with Crippen molar-refractivity contribution < 1.29 is 38.8 Å². The second kappa shape index (κ2) is 22.0. The number of rotatable bonds is 20. The number of aliphatic imine (C=N–C) groups is 3. The van der Waals surface area contributed by atoms with Gasteiger partial charge in [0.25, 0.3) is 0 Å². The Morgan fingerprint density at radius 1 is 0.940 bits per heavy atom. The van der Waals surface area contributed by atoms with E-state index in [2.05, 4.69) is 46.5 Å². The van der Waals surface area contributed by atoms with E-state index in [1.165, 1.54) is 50.5 Å². The average molecular weight is 917 g/mol. The highest BCUT2D eigenvalue weighted by molar-refractivity contribution is 6.33. The minimum atomic E-state index is -2.89. The number of nitrogens with zero attached hydrogens (tertiary/aromatic N) is 3. The zero-order valence-electron chi connectivity index (χ0n) is 41.4. The Bertz CT molecular complexity index is 2430. The fraction of sp³-hybridized carbons (Fsp3) is 0.527. The summed E-state index contributed by atoms with van der Waals surface area (Å²) in [4.78, 5) is 55.8. The van der Waals surface area contributed by atoms with Crippen LogP contribution in [0.5, 0.6) is 0 Å². The van der Waals surface area contributed by atoms with Crippen LogP contribution in [0, 0.1) is 29.6 Å². The summed E-state index contributed by atoms with van der Waals surface area (Å²) < 4.78 is 16.5. The third kappa shape index (κ3) is 11.1. The topological polar surface area (TPSA) is 168 Å². The average Bonchev–Trinajstić information content (AvgIpc) is 3.98. The molecule has 5 atom stereocenters. The largest absolute Gasteiger partial charge is 0.515 e. The van der Waals surface area contributed by atoms with E-state index >= 15 is 0 Å². The molecule has 6 rings (SSSR count). The van der Waals surface area contributed by atoms with Crippen molar-refractivity contribution in [2.45, 2.75) is 145 Å². The molecule has 2 fully saturated rings. The number of hydrogen-bond acceptors (Lipinski definition) is 12. The third-order valence-corrected chi connectivity index (χ3v) is 14.2. The third-order valence-electron chi connectivity index (χ3n) is 14.2. The van der Waals surface area contributed by atoms with Crippen molar-refractivity contribution in [3.63, 3.8) is 0 Å². The summed E-state index contributed by atoms with van der Waals surface area (Å²) in [7, 11) is 1.10. The van der Waals surface area contributed by atoms with Crippen molar-refractivity contribution in [3.8, 4) is 0 Å². The predicted molar refractivity (Wildman–Crippen MR) is 265 cm³/mol. The Morgan fingerprint density at radius 2 is 1.63 bits per heavy atom. The van der Waals surface area contributed by atoms with Crippen LogP contribution in [-0.4, -0.2) is 64.8 Å². The van der Waals surface area contributed by atoms with E-state index in [9.17, 15) is 24.6 Å². The lowest BCUT2D eigenvalue weighted by molar-refractivity contribution is -0.211. The van der Waals surface area contributed by atoms with E-state index in [1.54, 1.807) is 19.1 Å². The van der Waals surface area contributed by atoms with Gasteiger partial charge in [0, 0.05) is 40.8 Å². The SMILES string of the molecule is C=CC1=C(C)C2=NC1=CC1=NC(=C(CC)/C1=C/O)C=C1N=C3C(=C1C)C(=O)O[C@@](O)(C(=O)OC)C3=C1NC(=C2)[C@@H](C)[C@@H]1CCC(=O)OC/C=C(\C)CCC[C@H](C)CCC[C@H](C)CCCC(C)C. The van der Waals surface area contributed by atoms with Gasteiger partial charge in [-0.05, 0) is 105 Å². The molecule has 0 aliphatic carbocycles. The molecule has 0 radical (unpaired) electrons. The van der Waals surface area contributed by atoms with Gasteiger partial charge in [-0.3, -0.25) is 4.79 Å². The number of nitrogens with one attached hydrogen (secondary N) is 1. The summed E-state index contributed by atoms with van der Waals surface area (Å²) in [5, 5.41) is 26.2. The normalized spacial score (nSPS) is 24.0. The maximum atomic E-state index is 13.8. The predicted octanol–water partition coefficient (Wildman–Crippen LogP) is 11.2. The number of carbonyl (C=O) groups is 3. The number of fused-ring (bicyclic) bond motifs is 5. The molecule has 360 valence electrons. The van der Waals surface area contributed by atoms with Gasteiger partial charge in [-0.25, -0.2) is 24.6 Å². The first-order valence-corrected chi connectivity index (χ1v) is 24.4. The van der Waals surface area contributed by atoms with Gasteiger partial charge < -0.3 is 29.7 Å². The molecule has 0 aromatic carbocycles. The number of aliphatic hydroxyl groups is 2. The molecule has 2 saturated heterocycles. The molecule has 6 heterocycles. The second-order valence-corrected chi connectivity index (χ2v) is 19.6. The Hall–Kier alpha value is -5.62. The van der Waals surface area contributed by atoms with Crippen molar-refractivity contribution >= 4 is 35.0 Å². The number of cyclic esters (lactones) is 1. The summed E-state index contributed by atoms with van der Waals surface area (Å²) in [6.45, 7) is 23.2. The molecule has 0 unspecified atom stereocenters. The van der Waals surface area contributed by atoms with Crippen molar-refractivity contribution in [3.05, 3.63) is 116 Å². The molecule has 67 heavy (non-hydrogen) atoms. The van der Waals surface area contributed by atoms with E-state index in [0.29, 0.717) is 63.4 Å². The zero-order chi connectivity index (χ0) is 48.7. The number of methoxy groups -OCH3 is 1. The van der Waals surface area contributed by atoms with E-state index in [1.807, 2.05) is 39.0 Å². The van der Waals surface area contributed by atoms with E-state index in [4.69, 9.17) is 29.2 Å².